The molecule has 0 saturated carbocycles. The Morgan fingerprint density at radius 3 is 2.38 bits per heavy atom. The number of hydrogen-bond acceptors (Lipinski definition) is 5. The number of carboxylic acids is 1. The monoisotopic (exact) mass is 312 g/mol. The molecular formula is C15H20O5S. The van der Waals surface area contributed by atoms with Gasteiger partial charge < -0.3 is 19.3 Å². The molecule has 1 aromatic rings. The number of ether oxygens (including phenoxy) is 3. The second-order valence-corrected chi connectivity index (χ2v) is 5.37. The van der Waals surface area contributed by atoms with Crippen molar-refractivity contribution >= 4 is 23.8 Å². The van der Waals surface area contributed by atoms with Crippen molar-refractivity contribution in [1.82, 2.24) is 0 Å². The van der Waals surface area contributed by atoms with Crippen LogP contribution in [-0.4, -0.2) is 43.4 Å². The van der Waals surface area contributed by atoms with Crippen molar-refractivity contribution in [2.45, 2.75) is 6.92 Å². The van der Waals surface area contributed by atoms with Crippen LogP contribution in [0.5, 0.6) is 17.2 Å². The molecule has 0 radical (unpaired) electrons. The molecule has 0 bridgehead atoms. The Morgan fingerprint density at radius 2 is 1.90 bits per heavy atom. The molecule has 0 amide bonds. The number of carbonyl (C=O) groups is 1. The van der Waals surface area contributed by atoms with Gasteiger partial charge in [0.2, 0.25) is 5.75 Å². The van der Waals surface area contributed by atoms with E-state index in [1.807, 2.05) is 0 Å². The molecule has 0 aliphatic carbocycles. The fourth-order valence-corrected chi connectivity index (χ4v) is 2.14. The van der Waals surface area contributed by atoms with E-state index < -0.39 is 5.97 Å². The average molecular weight is 312 g/mol. The van der Waals surface area contributed by atoms with E-state index in [1.165, 1.54) is 20.3 Å². The van der Waals surface area contributed by atoms with Crippen molar-refractivity contribution in [3.8, 4) is 17.2 Å². The van der Waals surface area contributed by atoms with Crippen molar-refractivity contribution in [1.29, 1.82) is 0 Å². The van der Waals surface area contributed by atoms with Gasteiger partial charge in [0.05, 0.1) is 20.8 Å². The zero-order valence-corrected chi connectivity index (χ0v) is 13.2. The molecule has 0 aliphatic rings. The molecule has 0 aromatic heterocycles. The number of rotatable bonds is 9. The summed E-state index contributed by atoms with van der Waals surface area (Å²) in [5.74, 6) is 2.47. The van der Waals surface area contributed by atoms with Gasteiger partial charge in [-0.1, -0.05) is 6.92 Å². The Labute approximate surface area is 128 Å². The Bertz CT molecular complexity index is 474. The van der Waals surface area contributed by atoms with Gasteiger partial charge in [0.15, 0.2) is 11.5 Å². The van der Waals surface area contributed by atoms with Gasteiger partial charge in [0.1, 0.15) is 0 Å². The molecule has 5 nitrogen and oxygen atoms in total. The van der Waals surface area contributed by atoms with Crippen LogP contribution >= 0.6 is 11.8 Å². The molecule has 0 fully saturated rings. The maximum Gasteiger partial charge on any atom is 0.328 e. The number of benzene rings is 1. The lowest BCUT2D eigenvalue weighted by atomic mass is 10.1. The summed E-state index contributed by atoms with van der Waals surface area (Å²) in [6, 6.07) is 3.43. The topological polar surface area (TPSA) is 65.0 Å². The quantitative estimate of drug-likeness (QED) is 0.559. The lowest BCUT2D eigenvalue weighted by molar-refractivity contribution is -0.131. The first-order chi connectivity index (χ1) is 10.1. The molecule has 0 saturated heterocycles. The van der Waals surface area contributed by atoms with E-state index in [-0.39, 0.29) is 0 Å². The van der Waals surface area contributed by atoms with Crippen LogP contribution in [0.4, 0.5) is 0 Å². The van der Waals surface area contributed by atoms with Crippen molar-refractivity contribution in [3.05, 3.63) is 23.8 Å². The summed E-state index contributed by atoms with van der Waals surface area (Å²) in [6.45, 7) is 2.64. The minimum atomic E-state index is -1.01. The Morgan fingerprint density at radius 1 is 1.29 bits per heavy atom. The van der Waals surface area contributed by atoms with Crippen LogP contribution in [-0.2, 0) is 4.79 Å². The number of carboxylic acid groups (broad SMARTS) is 1. The van der Waals surface area contributed by atoms with Crippen LogP contribution in [0.3, 0.4) is 0 Å². The Balaban J connectivity index is 2.98. The highest BCUT2D eigenvalue weighted by Gasteiger charge is 2.13. The van der Waals surface area contributed by atoms with Crippen LogP contribution in [0.1, 0.15) is 12.5 Å². The zero-order chi connectivity index (χ0) is 15.7. The highest BCUT2D eigenvalue weighted by atomic mass is 32.2. The largest absolute Gasteiger partial charge is 0.493 e. The van der Waals surface area contributed by atoms with Crippen LogP contribution in [0, 0.1) is 0 Å². The maximum atomic E-state index is 10.6. The zero-order valence-electron chi connectivity index (χ0n) is 12.4. The summed E-state index contributed by atoms with van der Waals surface area (Å²) in [6.07, 6.45) is 2.54. The molecule has 0 atom stereocenters. The summed E-state index contributed by atoms with van der Waals surface area (Å²) >= 11 is 1.79. The molecule has 6 heteroatoms. The first kappa shape index (κ1) is 17.2. The van der Waals surface area contributed by atoms with Crippen LogP contribution in [0.15, 0.2) is 18.2 Å². The summed E-state index contributed by atoms with van der Waals surface area (Å²) < 4.78 is 16.3. The smallest absolute Gasteiger partial charge is 0.328 e. The molecule has 1 aromatic carbocycles. The lowest BCUT2D eigenvalue weighted by Gasteiger charge is -2.15. The third-order valence-electron chi connectivity index (χ3n) is 2.58. The molecular weight excluding hydrogens is 292 g/mol. The van der Waals surface area contributed by atoms with Gasteiger partial charge in [-0.2, -0.15) is 11.8 Å². The van der Waals surface area contributed by atoms with Gasteiger partial charge in [-0.05, 0) is 29.5 Å². The van der Waals surface area contributed by atoms with Gasteiger partial charge in [0.25, 0.3) is 0 Å². The molecule has 0 aliphatic heterocycles. The Hall–Kier alpha value is -1.82. The third-order valence-corrected chi connectivity index (χ3v) is 3.44. The molecule has 116 valence electrons. The Kier molecular flexibility index (Phi) is 7.53. The number of thioether (sulfide) groups is 1. The second-order valence-electron chi connectivity index (χ2n) is 3.97. The molecule has 1 N–H and O–H groups in total. The minimum absolute atomic E-state index is 0.515. The summed E-state index contributed by atoms with van der Waals surface area (Å²) in [7, 11) is 3.07. The van der Waals surface area contributed by atoms with Crippen LogP contribution in [0.2, 0.25) is 0 Å². The maximum absolute atomic E-state index is 10.6. The molecule has 0 heterocycles. The summed E-state index contributed by atoms with van der Waals surface area (Å²) in [4.78, 5) is 10.6. The van der Waals surface area contributed by atoms with E-state index in [0.29, 0.717) is 29.4 Å². The van der Waals surface area contributed by atoms with Gasteiger partial charge in [-0.25, -0.2) is 4.79 Å². The normalized spacial score (nSPS) is 10.6. The highest BCUT2D eigenvalue weighted by Crippen LogP contribution is 2.39. The van der Waals surface area contributed by atoms with E-state index in [2.05, 4.69) is 6.92 Å². The predicted octanol–water partition coefficient (Wildman–Crippen LogP) is 2.93. The van der Waals surface area contributed by atoms with Crippen molar-refractivity contribution in [2.24, 2.45) is 0 Å². The second kappa shape index (κ2) is 9.18. The first-order valence-electron chi connectivity index (χ1n) is 6.50. The van der Waals surface area contributed by atoms with Crippen molar-refractivity contribution in [3.63, 3.8) is 0 Å². The van der Waals surface area contributed by atoms with Crippen LogP contribution < -0.4 is 14.2 Å². The lowest BCUT2D eigenvalue weighted by Crippen LogP contribution is -2.04. The van der Waals surface area contributed by atoms with Crippen molar-refractivity contribution < 1.29 is 24.1 Å². The molecule has 0 unspecified atom stereocenters. The molecule has 1 rings (SSSR count). The fourth-order valence-electron chi connectivity index (χ4n) is 1.65. The summed E-state index contributed by atoms with van der Waals surface area (Å²) in [5.41, 5.74) is 0.668. The highest BCUT2D eigenvalue weighted by molar-refractivity contribution is 7.99. The van der Waals surface area contributed by atoms with E-state index in [4.69, 9.17) is 19.3 Å². The standard InChI is InChI=1S/C15H20O5S/c1-4-21-8-7-20-15-12(18-2)9-11(5-6-14(16)17)10-13(15)19-3/h5-6,9-10H,4,7-8H2,1-3H3,(H,16,17)/b6-5+. The van der Waals surface area contributed by atoms with E-state index in [1.54, 1.807) is 23.9 Å². The first-order valence-corrected chi connectivity index (χ1v) is 7.65. The van der Waals surface area contributed by atoms with Gasteiger partial charge in [0, 0.05) is 11.8 Å². The molecule has 0 spiro atoms. The van der Waals surface area contributed by atoms with E-state index >= 15 is 0 Å². The van der Waals surface area contributed by atoms with E-state index in [0.717, 1.165) is 17.6 Å². The summed E-state index contributed by atoms with van der Waals surface area (Å²) in [5, 5.41) is 8.67. The third kappa shape index (κ3) is 5.59. The van der Waals surface area contributed by atoms with E-state index in [9.17, 15) is 4.79 Å². The fraction of sp³-hybridized carbons (Fsp3) is 0.400. The molecule has 21 heavy (non-hydrogen) atoms. The number of aliphatic carboxylic acids is 1. The van der Waals surface area contributed by atoms with Crippen LogP contribution in [0.25, 0.3) is 6.08 Å². The van der Waals surface area contributed by atoms with Crippen molar-refractivity contribution in [2.75, 3.05) is 32.3 Å². The SMILES string of the molecule is CCSCCOc1c(OC)cc(/C=C/C(=O)O)cc1OC. The van der Waals surface area contributed by atoms with Gasteiger partial charge >= 0.3 is 5.97 Å². The minimum Gasteiger partial charge on any atom is -0.493 e. The van der Waals surface area contributed by atoms with Gasteiger partial charge in [-0.3, -0.25) is 0 Å². The predicted molar refractivity (Wildman–Crippen MR) is 84.7 cm³/mol. The average Bonchev–Trinajstić information content (AvgIpc) is 2.49. The number of methoxy groups -OCH3 is 2. The van der Waals surface area contributed by atoms with Gasteiger partial charge in [-0.15, -0.1) is 0 Å². The number of hydrogen-bond donors (Lipinski definition) is 1.